The van der Waals surface area contributed by atoms with Gasteiger partial charge in [-0.05, 0) is 19.3 Å². The lowest BCUT2D eigenvalue weighted by molar-refractivity contribution is -0.232. The molecule has 0 aromatic rings. The Labute approximate surface area is 118 Å². The van der Waals surface area contributed by atoms with E-state index in [0.717, 1.165) is 0 Å². The van der Waals surface area contributed by atoms with Gasteiger partial charge < -0.3 is 29.9 Å². The minimum atomic E-state index is -1.37. The summed E-state index contributed by atoms with van der Waals surface area (Å²) in [5, 5.41) is 38.3. The molecule has 1 saturated heterocycles. The van der Waals surface area contributed by atoms with Crippen LogP contribution in [0, 0.1) is 5.92 Å². The smallest absolute Gasteiger partial charge is 0.306 e. The standard InChI is InChI=1S/C13H24O7/c1-3-19-10(15)5-7(2)4-8-11(16)13(18)12(17)9(6-14)20-8/h7-9,11-14,16-18H,3-6H2,1-2H3/t7?,8-,9-,11+,12+,13-/m1/s1. The number of hydrogen-bond donors (Lipinski definition) is 4. The van der Waals surface area contributed by atoms with Gasteiger partial charge in [-0.15, -0.1) is 0 Å². The van der Waals surface area contributed by atoms with Crippen molar-refractivity contribution in [2.75, 3.05) is 13.2 Å². The first-order chi connectivity index (χ1) is 9.40. The average molecular weight is 292 g/mol. The normalized spacial score (nSPS) is 35.6. The molecule has 0 spiro atoms. The van der Waals surface area contributed by atoms with Crippen molar-refractivity contribution in [3.05, 3.63) is 0 Å². The highest BCUT2D eigenvalue weighted by molar-refractivity contribution is 5.69. The number of aliphatic hydroxyl groups excluding tert-OH is 4. The zero-order chi connectivity index (χ0) is 15.3. The van der Waals surface area contributed by atoms with Crippen LogP contribution >= 0.6 is 0 Å². The molecule has 6 atom stereocenters. The van der Waals surface area contributed by atoms with Gasteiger partial charge in [0.2, 0.25) is 0 Å². The van der Waals surface area contributed by atoms with Gasteiger partial charge in [-0.3, -0.25) is 4.79 Å². The summed E-state index contributed by atoms with van der Waals surface area (Å²) in [6.07, 6.45) is -5.13. The second-order valence-electron chi connectivity index (χ2n) is 5.22. The van der Waals surface area contributed by atoms with Gasteiger partial charge in [0.25, 0.3) is 0 Å². The van der Waals surface area contributed by atoms with E-state index >= 15 is 0 Å². The molecule has 118 valence electrons. The van der Waals surface area contributed by atoms with Crippen LogP contribution in [0.3, 0.4) is 0 Å². The molecule has 7 heteroatoms. The van der Waals surface area contributed by atoms with Gasteiger partial charge in [0.15, 0.2) is 0 Å². The van der Waals surface area contributed by atoms with Crippen LogP contribution < -0.4 is 0 Å². The molecule has 0 amide bonds. The van der Waals surface area contributed by atoms with Crippen LogP contribution in [0.4, 0.5) is 0 Å². The summed E-state index contributed by atoms with van der Waals surface area (Å²) in [7, 11) is 0. The fraction of sp³-hybridized carbons (Fsp3) is 0.923. The highest BCUT2D eigenvalue weighted by Crippen LogP contribution is 2.26. The average Bonchev–Trinajstić information content (AvgIpc) is 2.39. The Balaban J connectivity index is 2.55. The lowest BCUT2D eigenvalue weighted by atomic mass is 9.89. The number of rotatable bonds is 6. The van der Waals surface area contributed by atoms with Crippen LogP contribution in [-0.4, -0.2) is 70.1 Å². The van der Waals surface area contributed by atoms with Crippen molar-refractivity contribution in [1.29, 1.82) is 0 Å². The predicted molar refractivity (Wildman–Crippen MR) is 68.8 cm³/mol. The predicted octanol–water partition coefficient (Wildman–Crippen LogP) is -1.19. The molecule has 1 heterocycles. The van der Waals surface area contributed by atoms with Gasteiger partial charge in [-0.1, -0.05) is 6.92 Å². The summed E-state index contributed by atoms with van der Waals surface area (Å²) < 4.78 is 10.2. The fourth-order valence-electron chi connectivity index (χ4n) is 2.36. The first kappa shape index (κ1) is 17.3. The van der Waals surface area contributed by atoms with E-state index in [0.29, 0.717) is 13.0 Å². The highest BCUT2D eigenvalue weighted by atomic mass is 16.5. The van der Waals surface area contributed by atoms with E-state index < -0.39 is 37.1 Å². The zero-order valence-electron chi connectivity index (χ0n) is 11.8. The third-order valence-electron chi connectivity index (χ3n) is 3.45. The molecule has 1 unspecified atom stereocenters. The zero-order valence-corrected chi connectivity index (χ0v) is 11.8. The van der Waals surface area contributed by atoms with E-state index in [1.54, 1.807) is 13.8 Å². The summed E-state index contributed by atoms with van der Waals surface area (Å²) >= 11 is 0. The number of hydrogen-bond acceptors (Lipinski definition) is 7. The van der Waals surface area contributed by atoms with Gasteiger partial charge in [0.05, 0.1) is 19.3 Å². The molecule has 0 saturated carbocycles. The molecular formula is C13H24O7. The van der Waals surface area contributed by atoms with Crippen LogP contribution in [0.15, 0.2) is 0 Å². The van der Waals surface area contributed by atoms with Crippen molar-refractivity contribution < 1.29 is 34.7 Å². The number of esters is 1. The van der Waals surface area contributed by atoms with Crippen molar-refractivity contribution in [2.45, 2.75) is 57.2 Å². The van der Waals surface area contributed by atoms with Gasteiger partial charge in [0.1, 0.15) is 24.4 Å². The van der Waals surface area contributed by atoms with Crippen LogP contribution in [0.5, 0.6) is 0 Å². The summed E-state index contributed by atoms with van der Waals surface area (Å²) in [6, 6.07) is 0. The Morgan fingerprint density at radius 3 is 2.35 bits per heavy atom. The lowest BCUT2D eigenvalue weighted by Crippen LogP contribution is -2.58. The van der Waals surface area contributed by atoms with Crippen molar-refractivity contribution >= 4 is 5.97 Å². The lowest BCUT2D eigenvalue weighted by Gasteiger charge is -2.40. The van der Waals surface area contributed by atoms with Gasteiger partial charge >= 0.3 is 5.97 Å². The largest absolute Gasteiger partial charge is 0.466 e. The molecule has 0 aliphatic carbocycles. The molecule has 0 aromatic heterocycles. The molecule has 20 heavy (non-hydrogen) atoms. The van der Waals surface area contributed by atoms with Crippen LogP contribution in [0.25, 0.3) is 0 Å². The van der Waals surface area contributed by atoms with Crippen LogP contribution in [0.1, 0.15) is 26.7 Å². The van der Waals surface area contributed by atoms with Gasteiger partial charge in [0, 0.05) is 6.42 Å². The summed E-state index contributed by atoms with van der Waals surface area (Å²) in [5.74, 6) is -0.444. The third-order valence-corrected chi connectivity index (χ3v) is 3.45. The van der Waals surface area contributed by atoms with Crippen LogP contribution in [-0.2, 0) is 14.3 Å². The second kappa shape index (κ2) is 7.90. The van der Waals surface area contributed by atoms with Crippen molar-refractivity contribution in [2.24, 2.45) is 5.92 Å². The van der Waals surface area contributed by atoms with E-state index in [2.05, 4.69) is 0 Å². The second-order valence-corrected chi connectivity index (χ2v) is 5.22. The SMILES string of the molecule is CCOC(=O)CC(C)C[C@H]1O[C@H](CO)[C@H](O)[C@H](O)[C@H]1O. The molecular weight excluding hydrogens is 268 g/mol. The third kappa shape index (κ3) is 4.39. The maximum Gasteiger partial charge on any atom is 0.306 e. The monoisotopic (exact) mass is 292 g/mol. The Hall–Kier alpha value is -0.730. The molecule has 7 nitrogen and oxygen atoms in total. The quantitative estimate of drug-likeness (QED) is 0.455. The fourth-order valence-corrected chi connectivity index (χ4v) is 2.36. The minimum Gasteiger partial charge on any atom is -0.466 e. The maximum atomic E-state index is 11.4. The molecule has 0 bridgehead atoms. The van der Waals surface area contributed by atoms with Crippen molar-refractivity contribution in [3.63, 3.8) is 0 Å². The Morgan fingerprint density at radius 2 is 1.80 bits per heavy atom. The van der Waals surface area contributed by atoms with E-state index in [9.17, 15) is 20.1 Å². The molecule has 0 aromatic carbocycles. The molecule has 1 fully saturated rings. The first-order valence-corrected chi connectivity index (χ1v) is 6.86. The van der Waals surface area contributed by atoms with Gasteiger partial charge in [-0.2, -0.15) is 0 Å². The summed E-state index contributed by atoms with van der Waals surface area (Å²) in [4.78, 5) is 11.4. The van der Waals surface area contributed by atoms with Gasteiger partial charge in [-0.25, -0.2) is 0 Å². The molecule has 1 rings (SSSR count). The first-order valence-electron chi connectivity index (χ1n) is 6.86. The summed E-state index contributed by atoms with van der Waals surface area (Å²) in [5.41, 5.74) is 0. The molecule has 1 aliphatic heterocycles. The highest BCUT2D eigenvalue weighted by Gasteiger charge is 2.43. The number of aliphatic hydroxyl groups is 4. The molecule has 4 N–H and O–H groups in total. The minimum absolute atomic E-state index is 0.115. The topological polar surface area (TPSA) is 116 Å². The van der Waals surface area contributed by atoms with E-state index in [4.69, 9.17) is 14.6 Å². The summed E-state index contributed by atoms with van der Waals surface area (Å²) in [6.45, 7) is 3.39. The van der Waals surface area contributed by atoms with Crippen molar-refractivity contribution in [3.8, 4) is 0 Å². The molecule has 1 aliphatic rings. The van der Waals surface area contributed by atoms with E-state index in [1.807, 2.05) is 0 Å². The van der Waals surface area contributed by atoms with E-state index in [-0.39, 0.29) is 18.3 Å². The van der Waals surface area contributed by atoms with Crippen LogP contribution in [0.2, 0.25) is 0 Å². The Bertz CT molecular complexity index is 307. The maximum absolute atomic E-state index is 11.4. The number of carbonyl (C=O) groups excluding carboxylic acids is 1. The Kier molecular flexibility index (Phi) is 6.84. The number of carbonyl (C=O) groups is 1. The molecule has 0 radical (unpaired) electrons. The van der Waals surface area contributed by atoms with Crippen molar-refractivity contribution in [1.82, 2.24) is 0 Å². The number of ether oxygens (including phenoxy) is 2. The van der Waals surface area contributed by atoms with E-state index in [1.165, 1.54) is 0 Å². The Morgan fingerprint density at radius 1 is 1.20 bits per heavy atom.